The van der Waals surface area contributed by atoms with Gasteiger partial charge in [-0.3, -0.25) is 4.79 Å². The molecular formula is C15H25N3O. The Balaban J connectivity index is 2.61. The molecule has 0 saturated carbocycles. The van der Waals surface area contributed by atoms with Crippen molar-refractivity contribution < 1.29 is 4.79 Å². The third-order valence-corrected chi connectivity index (χ3v) is 2.74. The summed E-state index contributed by atoms with van der Waals surface area (Å²) in [5.41, 5.74) is 0.469. The largest absolute Gasteiger partial charge is 0.370 e. The summed E-state index contributed by atoms with van der Waals surface area (Å²) >= 11 is 0. The number of nitrogens with one attached hydrogen (secondary N) is 2. The van der Waals surface area contributed by atoms with Crippen molar-refractivity contribution in [1.29, 1.82) is 0 Å². The average Bonchev–Trinajstić information content (AvgIpc) is 2.35. The van der Waals surface area contributed by atoms with E-state index in [-0.39, 0.29) is 11.9 Å². The molecule has 4 heteroatoms. The molecule has 0 aliphatic carbocycles. The van der Waals surface area contributed by atoms with Gasteiger partial charge in [-0.25, -0.2) is 4.98 Å². The molecule has 1 amide bonds. The summed E-state index contributed by atoms with van der Waals surface area (Å²) in [5, 5.41) is 6.17. The lowest BCUT2D eigenvalue weighted by molar-refractivity contribution is 0.0931. The monoisotopic (exact) mass is 263 g/mol. The van der Waals surface area contributed by atoms with Gasteiger partial charge in [0.05, 0.1) is 0 Å². The molecule has 1 heterocycles. The van der Waals surface area contributed by atoms with E-state index in [2.05, 4.69) is 36.4 Å². The quantitative estimate of drug-likeness (QED) is 0.795. The number of pyridine rings is 1. The fourth-order valence-corrected chi connectivity index (χ4v) is 1.98. The Hall–Kier alpha value is -1.58. The molecule has 19 heavy (non-hydrogen) atoms. The molecule has 0 aliphatic rings. The molecule has 1 atom stereocenters. The van der Waals surface area contributed by atoms with E-state index in [9.17, 15) is 4.79 Å². The van der Waals surface area contributed by atoms with Crippen LogP contribution in [0.3, 0.4) is 0 Å². The predicted octanol–water partition coefficient (Wildman–Crippen LogP) is 3.07. The minimum absolute atomic E-state index is 0.103. The fourth-order valence-electron chi connectivity index (χ4n) is 1.98. The van der Waals surface area contributed by atoms with Crippen molar-refractivity contribution in [2.24, 2.45) is 5.92 Å². The second-order valence-electron chi connectivity index (χ2n) is 5.34. The van der Waals surface area contributed by atoms with Crippen molar-refractivity contribution >= 4 is 11.7 Å². The molecule has 0 aromatic carbocycles. The normalized spacial score (nSPS) is 12.3. The van der Waals surface area contributed by atoms with Gasteiger partial charge in [0.2, 0.25) is 0 Å². The van der Waals surface area contributed by atoms with E-state index < -0.39 is 0 Å². The molecule has 4 nitrogen and oxygen atoms in total. The third kappa shape index (κ3) is 5.73. The number of nitrogens with zero attached hydrogens (tertiary/aromatic N) is 1. The van der Waals surface area contributed by atoms with Crippen LogP contribution in [0.2, 0.25) is 0 Å². The molecule has 0 spiro atoms. The number of anilines is 1. The zero-order valence-electron chi connectivity index (χ0n) is 12.4. The van der Waals surface area contributed by atoms with E-state index in [0.717, 1.165) is 25.2 Å². The first-order chi connectivity index (χ1) is 9.02. The van der Waals surface area contributed by atoms with Gasteiger partial charge in [-0.1, -0.05) is 26.8 Å². The fraction of sp³-hybridized carbons (Fsp3) is 0.600. The van der Waals surface area contributed by atoms with Gasteiger partial charge in [-0.05, 0) is 37.8 Å². The maximum atomic E-state index is 12.1. The number of rotatable bonds is 7. The first-order valence-corrected chi connectivity index (χ1v) is 7.04. The van der Waals surface area contributed by atoms with Crippen LogP contribution in [0, 0.1) is 5.92 Å². The van der Waals surface area contributed by atoms with Crippen molar-refractivity contribution in [3.63, 3.8) is 0 Å². The van der Waals surface area contributed by atoms with Crippen LogP contribution in [0.1, 0.15) is 51.0 Å². The molecule has 1 rings (SSSR count). The van der Waals surface area contributed by atoms with Gasteiger partial charge < -0.3 is 10.6 Å². The van der Waals surface area contributed by atoms with Gasteiger partial charge in [0.15, 0.2) is 0 Å². The maximum Gasteiger partial charge on any atom is 0.270 e. The molecule has 2 N–H and O–H groups in total. The molecule has 0 bridgehead atoms. The van der Waals surface area contributed by atoms with Crippen LogP contribution in [-0.2, 0) is 0 Å². The molecule has 0 radical (unpaired) electrons. The molecule has 0 aliphatic heterocycles. The van der Waals surface area contributed by atoms with E-state index in [0.29, 0.717) is 11.6 Å². The second kappa shape index (κ2) is 7.77. The zero-order valence-corrected chi connectivity index (χ0v) is 12.4. The van der Waals surface area contributed by atoms with Gasteiger partial charge in [-0.15, -0.1) is 0 Å². The standard InChI is InChI=1S/C15H25N3O/c1-5-9-16-14-8-6-7-13(18-14)15(19)17-12(4)10-11(2)3/h6-8,11-12H,5,9-10H2,1-4H3,(H,16,18)(H,17,19). The van der Waals surface area contributed by atoms with Crippen molar-refractivity contribution in [1.82, 2.24) is 10.3 Å². The van der Waals surface area contributed by atoms with Crippen LogP contribution >= 0.6 is 0 Å². The lowest BCUT2D eigenvalue weighted by Crippen LogP contribution is -2.34. The van der Waals surface area contributed by atoms with E-state index >= 15 is 0 Å². The van der Waals surface area contributed by atoms with E-state index in [1.54, 1.807) is 6.07 Å². The van der Waals surface area contributed by atoms with Crippen molar-refractivity contribution in [3.8, 4) is 0 Å². The Morgan fingerprint density at radius 2 is 2.05 bits per heavy atom. The lowest BCUT2D eigenvalue weighted by Gasteiger charge is -2.15. The third-order valence-electron chi connectivity index (χ3n) is 2.74. The zero-order chi connectivity index (χ0) is 14.3. The van der Waals surface area contributed by atoms with Crippen molar-refractivity contribution in [2.45, 2.75) is 46.6 Å². The lowest BCUT2D eigenvalue weighted by atomic mass is 10.1. The second-order valence-corrected chi connectivity index (χ2v) is 5.34. The molecular weight excluding hydrogens is 238 g/mol. The highest BCUT2D eigenvalue weighted by molar-refractivity contribution is 5.92. The predicted molar refractivity (Wildman–Crippen MR) is 79.4 cm³/mol. The summed E-state index contributed by atoms with van der Waals surface area (Å²) in [5.74, 6) is 1.22. The van der Waals surface area contributed by atoms with Crippen LogP contribution in [-0.4, -0.2) is 23.5 Å². The van der Waals surface area contributed by atoms with E-state index in [1.807, 2.05) is 19.1 Å². The minimum atomic E-state index is -0.103. The highest BCUT2D eigenvalue weighted by Gasteiger charge is 2.12. The Morgan fingerprint density at radius 3 is 2.68 bits per heavy atom. The van der Waals surface area contributed by atoms with Crippen LogP contribution in [0.15, 0.2) is 18.2 Å². The van der Waals surface area contributed by atoms with Gasteiger partial charge in [-0.2, -0.15) is 0 Å². The Labute approximate surface area is 116 Å². The molecule has 1 aromatic rings. The number of hydrogen-bond donors (Lipinski definition) is 2. The summed E-state index contributed by atoms with van der Waals surface area (Å²) in [7, 11) is 0. The minimum Gasteiger partial charge on any atom is -0.370 e. The topological polar surface area (TPSA) is 54.0 Å². The Bertz CT molecular complexity index is 404. The van der Waals surface area contributed by atoms with E-state index in [1.165, 1.54) is 0 Å². The summed E-state index contributed by atoms with van der Waals surface area (Å²) < 4.78 is 0. The summed E-state index contributed by atoms with van der Waals surface area (Å²) in [6.45, 7) is 9.28. The average molecular weight is 263 g/mol. The molecule has 1 aromatic heterocycles. The number of amides is 1. The van der Waals surface area contributed by atoms with Gasteiger partial charge in [0, 0.05) is 12.6 Å². The maximum absolute atomic E-state index is 12.1. The Kier molecular flexibility index (Phi) is 6.33. The van der Waals surface area contributed by atoms with Crippen LogP contribution < -0.4 is 10.6 Å². The molecule has 1 unspecified atom stereocenters. The van der Waals surface area contributed by atoms with Gasteiger partial charge in [0.25, 0.3) is 5.91 Å². The summed E-state index contributed by atoms with van der Waals surface area (Å²) in [4.78, 5) is 16.4. The SMILES string of the molecule is CCCNc1cccc(C(=O)NC(C)CC(C)C)n1. The molecule has 106 valence electrons. The number of hydrogen-bond acceptors (Lipinski definition) is 3. The smallest absolute Gasteiger partial charge is 0.270 e. The van der Waals surface area contributed by atoms with Crippen LogP contribution in [0.5, 0.6) is 0 Å². The van der Waals surface area contributed by atoms with Gasteiger partial charge in [0.1, 0.15) is 11.5 Å². The van der Waals surface area contributed by atoms with Crippen LogP contribution in [0.4, 0.5) is 5.82 Å². The van der Waals surface area contributed by atoms with E-state index in [4.69, 9.17) is 0 Å². The summed E-state index contributed by atoms with van der Waals surface area (Å²) in [6.07, 6.45) is 2.00. The van der Waals surface area contributed by atoms with Crippen LogP contribution in [0.25, 0.3) is 0 Å². The van der Waals surface area contributed by atoms with Crippen molar-refractivity contribution in [2.75, 3.05) is 11.9 Å². The number of aromatic nitrogens is 1. The molecule has 0 fully saturated rings. The van der Waals surface area contributed by atoms with Gasteiger partial charge >= 0.3 is 0 Å². The Morgan fingerprint density at radius 1 is 1.32 bits per heavy atom. The molecule has 0 saturated heterocycles. The first-order valence-electron chi connectivity index (χ1n) is 7.04. The number of carbonyl (C=O) groups excluding carboxylic acids is 1. The van der Waals surface area contributed by atoms with Crippen molar-refractivity contribution in [3.05, 3.63) is 23.9 Å². The number of carbonyl (C=O) groups is 1. The summed E-state index contributed by atoms with van der Waals surface area (Å²) in [6, 6.07) is 5.65. The highest BCUT2D eigenvalue weighted by Crippen LogP contribution is 2.07. The highest BCUT2D eigenvalue weighted by atomic mass is 16.1. The first kappa shape index (κ1) is 15.5.